The van der Waals surface area contributed by atoms with Crippen LogP contribution in [0.4, 0.5) is 0 Å². The molecule has 2 aliphatic heterocycles. The molecule has 2 saturated heterocycles. The minimum absolute atomic E-state index is 0.0191. The summed E-state index contributed by atoms with van der Waals surface area (Å²) >= 11 is 13.8. The third kappa shape index (κ3) is 9.51. The number of aliphatic hydroxyl groups is 2. The highest BCUT2D eigenvalue weighted by atomic mass is 35.5. The first-order valence-electron chi connectivity index (χ1n) is 26.4. The summed E-state index contributed by atoms with van der Waals surface area (Å²) < 4.78 is 20.2. The van der Waals surface area contributed by atoms with E-state index in [0.29, 0.717) is 11.8 Å². The molecule has 6 aromatic heterocycles. The van der Waals surface area contributed by atoms with Gasteiger partial charge in [0.2, 0.25) is 0 Å². The Labute approximate surface area is 453 Å². The fourth-order valence-electron chi connectivity index (χ4n) is 12.1. The van der Waals surface area contributed by atoms with E-state index < -0.39 is 11.2 Å². The maximum atomic E-state index is 10.9. The Bertz CT molecular complexity index is 3490. The Hall–Kier alpha value is -6.38. The molecule has 0 aliphatic carbocycles. The van der Waals surface area contributed by atoms with Crippen molar-refractivity contribution in [1.29, 1.82) is 0 Å². The second-order valence-electron chi connectivity index (χ2n) is 21.9. The lowest BCUT2D eigenvalue weighted by atomic mass is 9.86. The van der Waals surface area contributed by atoms with Gasteiger partial charge >= 0.3 is 0 Å². The Kier molecular flexibility index (Phi) is 14.0. The molecule has 2 unspecified atom stereocenters. The smallest absolute Gasteiger partial charge is 0.0960 e. The number of pyridine rings is 2. The topological polar surface area (TPSA) is 130 Å². The summed E-state index contributed by atoms with van der Waals surface area (Å²) in [6.07, 6.45) is 11.4. The Balaban J connectivity index is 0.000000162. The summed E-state index contributed by atoms with van der Waals surface area (Å²) in [4.78, 5) is 10.0. The number of nitrogens with zero attached hydrogens (tertiary/aromatic N) is 8. The van der Waals surface area contributed by atoms with Gasteiger partial charge in [-0.1, -0.05) is 83.9 Å². The van der Waals surface area contributed by atoms with E-state index in [1.165, 1.54) is 0 Å². The van der Waals surface area contributed by atoms with Gasteiger partial charge in [0.15, 0.2) is 0 Å². The number of aryl methyl sites for hydroxylation is 4. The fraction of sp³-hybridized carbons (Fsp3) is 0.355. The molecule has 0 radical (unpaired) electrons. The zero-order chi connectivity index (χ0) is 53.2. The van der Waals surface area contributed by atoms with E-state index in [2.05, 4.69) is 93.8 Å². The average molecular weight is 1060 g/mol. The van der Waals surface area contributed by atoms with Crippen molar-refractivity contribution < 1.29 is 19.7 Å². The summed E-state index contributed by atoms with van der Waals surface area (Å²) in [5, 5.41) is 34.4. The maximum Gasteiger partial charge on any atom is 0.0960 e. The Morgan fingerprint density at radius 3 is 1.25 bits per heavy atom. The van der Waals surface area contributed by atoms with Crippen molar-refractivity contribution >= 4 is 67.1 Å². The summed E-state index contributed by atoms with van der Waals surface area (Å²) in [6.45, 7) is 14.4. The Morgan fingerprint density at radius 1 is 0.526 bits per heavy atom. The van der Waals surface area contributed by atoms with E-state index in [1.54, 1.807) is 0 Å². The second-order valence-corrected chi connectivity index (χ2v) is 22.8. The molecule has 0 spiro atoms. The number of fused-ring (bicyclic) bond motifs is 6. The molecule has 2 fully saturated rings. The number of halogens is 2. The standard InChI is InChI=1S/2C31H33ClN4O2/c2*1-19-17-34-35(4)29(19)21-15-27-28(33-18-21)24-10-9-22(31(2,3)37)16-26(24)36(27)30(20-11-13-38-14-12-20)23-7-5-6-8-25(23)32/h2*5-10,15-18,20,30,37H,11-14H2,1-4H3. The van der Waals surface area contributed by atoms with Crippen molar-refractivity contribution in [2.75, 3.05) is 26.4 Å². The molecule has 2 N–H and O–H groups in total. The second kappa shape index (κ2) is 20.5. The monoisotopic (exact) mass is 1060 g/mol. The predicted molar refractivity (Wildman–Crippen MR) is 305 cm³/mol. The van der Waals surface area contributed by atoms with Crippen LogP contribution in [0.25, 0.3) is 66.4 Å². The number of hydrogen-bond donors (Lipinski definition) is 2. The number of benzene rings is 4. The van der Waals surface area contributed by atoms with E-state index in [0.717, 1.165) is 162 Å². The van der Waals surface area contributed by atoms with Crippen molar-refractivity contribution in [2.24, 2.45) is 25.9 Å². The van der Waals surface area contributed by atoms with Gasteiger partial charge in [-0.05, 0) is 149 Å². The molecule has 0 saturated carbocycles. The largest absolute Gasteiger partial charge is 0.386 e. The van der Waals surface area contributed by atoms with Gasteiger partial charge in [0.25, 0.3) is 0 Å². The summed E-state index contributed by atoms with van der Waals surface area (Å²) in [5.74, 6) is 0.658. The van der Waals surface area contributed by atoms with Crippen molar-refractivity contribution in [1.82, 2.24) is 38.7 Å². The van der Waals surface area contributed by atoms with Gasteiger partial charge in [0.05, 0.1) is 80.2 Å². The highest BCUT2D eigenvalue weighted by molar-refractivity contribution is 6.31. The van der Waals surface area contributed by atoms with Gasteiger partial charge in [-0.2, -0.15) is 10.2 Å². The van der Waals surface area contributed by atoms with Gasteiger partial charge in [-0.15, -0.1) is 0 Å². The molecule has 76 heavy (non-hydrogen) atoms. The van der Waals surface area contributed by atoms with E-state index in [-0.39, 0.29) is 12.1 Å². The average Bonchev–Trinajstić information content (AvgIpc) is 4.14. The summed E-state index contributed by atoms with van der Waals surface area (Å²) in [7, 11) is 3.93. The first kappa shape index (κ1) is 51.7. The minimum atomic E-state index is -0.974. The van der Waals surface area contributed by atoms with E-state index in [1.807, 2.05) is 112 Å². The molecule has 12 rings (SSSR count). The molecule has 4 aromatic carbocycles. The maximum absolute atomic E-state index is 10.9. The zero-order valence-electron chi connectivity index (χ0n) is 44.6. The highest BCUT2D eigenvalue weighted by Crippen LogP contribution is 2.46. The number of ether oxygens (including phenoxy) is 2. The molecule has 2 atom stereocenters. The van der Waals surface area contributed by atoms with Gasteiger partial charge in [-0.3, -0.25) is 19.3 Å². The first-order valence-corrected chi connectivity index (χ1v) is 27.2. The third-order valence-corrected chi connectivity index (χ3v) is 16.6. The van der Waals surface area contributed by atoms with Crippen molar-refractivity contribution in [3.8, 4) is 22.5 Å². The molecule has 12 nitrogen and oxygen atoms in total. The van der Waals surface area contributed by atoms with Gasteiger partial charge in [-0.25, -0.2) is 0 Å². The van der Waals surface area contributed by atoms with Gasteiger partial charge in [0, 0.05) is 84.9 Å². The number of hydrogen-bond acceptors (Lipinski definition) is 8. The molecule has 14 heteroatoms. The van der Waals surface area contributed by atoms with Crippen LogP contribution >= 0.6 is 23.2 Å². The number of rotatable bonds is 10. The molecule has 0 bridgehead atoms. The van der Waals surface area contributed by atoms with Crippen LogP contribution < -0.4 is 0 Å². The molecule has 392 valence electrons. The van der Waals surface area contributed by atoms with E-state index >= 15 is 0 Å². The van der Waals surface area contributed by atoms with E-state index in [9.17, 15) is 10.2 Å². The van der Waals surface area contributed by atoms with Crippen LogP contribution in [0.2, 0.25) is 10.0 Å². The molecule has 8 heterocycles. The lowest BCUT2D eigenvalue weighted by Crippen LogP contribution is -2.27. The van der Waals surface area contributed by atoms with Crippen molar-refractivity contribution in [3.05, 3.63) is 165 Å². The first-order chi connectivity index (χ1) is 36.5. The minimum Gasteiger partial charge on any atom is -0.386 e. The third-order valence-electron chi connectivity index (χ3n) is 15.9. The van der Waals surface area contributed by atoms with Gasteiger partial charge in [0.1, 0.15) is 0 Å². The van der Waals surface area contributed by atoms with Crippen LogP contribution in [-0.2, 0) is 34.8 Å². The lowest BCUT2D eigenvalue weighted by Gasteiger charge is -2.33. The Morgan fingerprint density at radius 2 is 0.908 bits per heavy atom. The summed E-state index contributed by atoms with van der Waals surface area (Å²) in [5.41, 5.74) is 14.4. The molecular weight excluding hydrogens is 992 g/mol. The molecule has 0 amide bonds. The summed E-state index contributed by atoms with van der Waals surface area (Å²) in [6, 6.07) is 33.2. The highest BCUT2D eigenvalue weighted by Gasteiger charge is 2.34. The SMILES string of the molecule is Cc1cnn(C)c1-c1cnc2c3ccc(C(C)(C)O)cc3n(C(c3ccccc3Cl)C3CCOCC3)c2c1.Cc1cnn(C)c1-c1cnc2c3ccc(C(C)(C)O)cc3n(C(c3ccccc3Cl)C3CCOCC3)c2c1. The van der Waals surface area contributed by atoms with Crippen molar-refractivity contribution in [3.63, 3.8) is 0 Å². The quantitative estimate of drug-likeness (QED) is 0.138. The van der Waals surface area contributed by atoms with Crippen LogP contribution in [0.5, 0.6) is 0 Å². The van der Waals surface area contributed by atoms with Crippen LogP contribution in [0, 0.1) is 25.7 Å². The van der Waals surface area contributed by atoms with Crippen LogP contribution in [-0.4, -0.2) is 75.3 Å². The normalized spacial score (nSPS) is 15.9. The van der Waals surface area contributed by atoms with Gasteiger partial charge < -0.3 is 28.8 Å². The fourth-order valence-corrected chi connectivity index (χ4v) is 12.5. The predicted octanol–water partition coefficient (Wildman–Crippen LogP) is 13.6. The van der Waals surface area contributed by atoms with Crippen LogP contribution in [0.3, 0.4) is 0 Å². The lowest BCUT2D eigenvalue weighted by molar-refractivity contribution is 0.0552. The van der Waals surface area contributed by atoms with E-state index in [4.69, 9.17) is 42.6 Å². The number of aromatic nitrogens is 8. The van der Waals surface area contributed by atoms with Crippen molar-refractivity contribution in [2.45, 2.75) is 90.5 Å². The van der Waals surface area contributed by atoms with Crippen LogP contribution in [0.1, 0.15) is 98.8 Å². The zero-order valence-corrected chi connectivity index (χ0v) is 46.1. The molecule has 2 aliphatic rings. The van der Waals surface area contributed by atoms with Crippen LogP contribution in [0.15, 0.2) is 122 Å². The molecule has 10 aromatic rings. The molecular formula is C62H66Cl2N8O4.